The number of hydrogen-bond acceptors (Lipinski definition) is 2. The van der Waals surface area contributed by atoms with Crippen LogP contribution in [-0.2, 0) is 0 Å². The predicted octanol–water partition coefficient (Wildman–Crippen LogP) is 4.26. The Morgan fingerprint density at radius 2 is 1.94 bits per heavy atom. The fourth-order valence-corrected chi connectivity index (χ4v) is 2.52. The predicted molar refractivity (Wildman–Crippen MR) is 71.7 cm³/mol. The van der Waals surface area contributed by atoms with Crippen LogP contribution in [0.3, 0.4) is 0 Å². The Morgan fingerprint density at radius 1 is 1.24 bits per heavy atom. The molecule has 92 valence electrons. The van der Waals surface area contributed by atoms with E-state index in [2.05, 4.69) is 15.9 Å². The zero-order valence-corrected chi connectivity index (χ0v) is 11.7. The van der Waals surface area contributed by atoms with E-state index >= 15 is 0 Å². The zero-order valence-electron chi connectivity index (χ0n) is 8.49. The Hall–Kier alpha value is -0.490. The molecule has 0 radical (unpaired) electrons. The largest absolute Gasteiger partial charge is 0.319 e. The summed E-state index contributed by atoms with van der Waals surface area (Å²) in [6, 6.07) is 5.33. The second kappa shape index (κ2) is 5.91. The lowest BCUT2D eigenvalue weighted by atomic mass is 10.1. The summed E-state index contributed by atoms with van der Waals surface area (Å²) in [5.41, 5.74) is 5.74. The average Bonchev–Trinajstić information content (AvgIpc) is 2.77. The van der Waals surface area contributed by atoms with Gasteiger partial charge in [0, 0.05) is 10.4 Å². The fraction of sp³-hybridized carbons (Fsp3) is 0.0909. The highest BCUT2D eigenvalue weighted by Crippen LogP contribution is 2.30. The highest BCUT2D eigenvalue weighted by Gasteiger charge is 2.20. The van der Waals surface area contributed by atoms with Gasteiger partial charge in [0.05, 0.1) is 10.5 Å². The molecule has 0 spiro atoms. The van der Waals surface area contributed by atoms with Crippen molar-refractivity contribution < 1.29 is 8.78 Å². The number of nitrogens with two attached hydrogens (primary N) is 1. The van der Waals surface area contributed by atoms with E-state index in [1.807, 2.05) is 5.38 Å². The molecule has 0 fully saturated rings. The summed E-state index contributed by atoms with van der Waals surface area (Å²) in [6.45, 7) is 0. The molecule has 1 nitrogen and oxygen atoms in total. The third-order valence-electron chi connectivity index (χ3n) is 2.24. The average molecular weight is 341 g/mol. The standard InChI is InChI=1S/C11H8BrF2NS.ClH/c12-6-3-4-7(13)9(10(6)14)11(15)8-2-1-5-16-8;/h1-5,11H,15H2;1H/t11-;/m0./s1. The number of rotatable bonds is 2. The summed E-state index contributed by atoms with van der Waals surface area (Å²) in [7, 11) is 0. The van der Waals surface area contributed by atoms with E-state index in [4.69, 9.17) is 5.73 Å². The molecule has 0 amide bonds. The minimum absolute atomic E-state index is 0. The van der Waals surface area contributed by atoms with Gasteiger partial charge in [-0.3, -0.25) is 0 Å². The minimum Gasteiger partial charge on any atom is -0.319 e. The van der Waals surface area contributed by atoms with E-state index in [0.29, 0.717) is 0 Å². The van der Waals surface area contributed by atoms with Gasteiger partial charge in [0.2, 0.25) is 0 Å². The number of benzene rings is 1. The van der Waals surface area contributed by atoms with Crippen LogP contribution in [0.2, 0.25) is 0 Å². The molecule has 2 aromatic rings. The van der Waals surface area contributed by atoms with Crippen LogP contribution in [0.15, 0.2) is 34.1 Å². The van der Waals surface area contributed by atoms with Crippen LogP contribution < -0.4 is 5.73 Å². The molecule has 0 saturated heterocycles. The third-order valence-corrected chi connectivity index (χ3v) is 3.81. The number of hydrogen-bond donors (Lipinski definition) is 1. The van der Waals surface area contributed by atoms with Gasteiger partial charge < -0.3 is 5.73 Å². The third kappa shape index (κ3) is 2.85. The SMILES string of the molecule is Cl.N[C@@H](c1cccs1)c1c(F)ccc(Br)c1F. The zero-order chi connectivity index (χ0) is 11.7. The molecule has 6 heteroatoms. The maximum absolute atomic E-state index is 13.7. The van der Waals surface area contributed by atoms with Gasteiger partial charge in [-0.1, -0.05) is 6.07 Å². The van der Waals surface area contributed by atoms with Crippen molar-refractivity contribution in [3.05, 3.63) is 56.2 Å². The number of thiophene rings is 1. The van der Waals surface area contributed by atoms with Gasteiger partial charge in [-0.2, -0.15) is 0 Å². The molecule has 0 saturated carbocycles. The van der Waals surface area contributed by atoms with Crippen molar-refractivity contribution in [2.45, 2.75) is 6.04 Å². The summed E-state index contributed by atoms with van der Waals surface area (Å²) in [5, 5.41) is 1.82. The molecule has 1 aromatic carbocycles. The molecule has 2 N–H and O–H groups in total. The maximum Gasteiger partial charge on any atom is 0.145 e. The summed E-state index contributed by atoms with van der Waals surface area (Å²) in [5.74, 6) is -1.26. The first-order valence-electron chi connectivity index (χ1n) is 4.53. The monoisotopic (exact) mass is 339 g/mol. The van der Waals surface area contributed by atoms with Crippen molar-refractivity contribution in [3.63, 3.8) is 0 Å². The summed E-state index contributed by atoms with van der Waals surface area (Å²) in [4.78, 5) is 0.732. The molecule has 1 atom stereocenters. The Labute approximate surface area is 116 Å². The first kappa shape index (κ1) is 14.6. The van der Waals surface area contributed by atoms with Gasteiger partial charge in [0.15, 0.2) is 0 Å². The normalized spacial score (nSPS) is 12.0. The fourth-order valence-electron chi connectivity index (χ4n) is 1.44. The van der Waals surface area contributed by atoms with Crippen LogP contribution in [0, 0.1) is 11.6 Å². The van der Waals surface area contributed by atoms with Crippen LogP contribution >= 0.6 is 39.7 Å². The molecule has 0 unspecified atom stereocenters. The Kier molecular flexibility index (Phi) is 5.06. The van der Waals surface area contributed by atoms with Crippen LogP contribution in [0.25, 0.3) is 0 Å². The summed E-state index contributed by atoms with van der Waals surface area (Å²) < 4.78 is 27.5. The van der Waals surface area contributed by atoms with E-state index in [9.17, 15) is 8.78 Å². The Bertz CT molecular complexity index is 504. The molecule has 0 aliphatic carbocycles. The quantitative estimate of drug-likeness (QED) is 0.812. The highest BCUT2D eigenvalue weighted by atomic mass is 79.9. The smallest absolute Gasteiger partial charge is 0.145 e. The molecule has 1 aromatic heterocycles. The van der Waals surface area contributed by atoms with Gasteiger partial charge in [0.1, 0.15) is 11.6 Å². The molecule has 17 heavy (non-hydrogen) atoms. The molecule has 1 heterocycles. The maximum atomic E-state index is 13.7. The second-order valence-corrected chi connectivity index (χ2v) is 5.08. The highest BCUT2D eigenvalue weighted by molar-refractivity contribution is 9.10. The van der Waals surface area contributed by atoms with E-state index < -0.39 is 17.7 Å². The molecule has 0 aliphatic heterocycles. The van der Waals surface area contributed by atoms with Crippen molar-refractivity contribution >= 4 is 39.7 Å². The van der Waals surface area contributed by atoms with Crippen LogP contribution in [-0.4, -0.2) is 0 Å². The first-order chi connectivity index (χ1) is 7.61. The van der Waals surface area contributed by atoms with Crippen LogP contribution in [0.4, 0.5) is 8.78 Å². The lowest BCUT2D eigenvalue weighted by Crippen LogP contribution is -2.14. The van der Waals surface area contributed by atoms with Crippen molar-refractivity contribution in [2.75, 3.05) is 0 Å². The van der Waals surface area contributed by atoms with Crippen molar-refractivity contribution in [1.29, 1.82) is 0 Å². The molecule has 2 rings (SSSR count). The summed E-state index contributed by atoms with van der Waals surface area (Å²) >= 11 is 4.39. The van der Waals surface area contributed by atoms with Gasteiger partial charge in [-0.15, -0.1) is 23.7 Å². The van der Waals surface area contributed by atoms with E-state index in [-0.39, 0.29) is 22.4 Å². The number of halogens is 4. The van der Waals surface area contributed by atoms with Crippen molar-refractivity contribution in [1.82, 2.24) is 0 Å². The van der Waals surface area contributed by atoms with Gasteiger partial charge >= 0.3 is 0 Å². The summed E-state index contributed by atoms with van der Waals surface area (Å²) in [6.07, 6.45) is 0. The molecule has 0 aliphatic rings. The lowest BCUT2D eigenvalue weighted by Gasteiger charge is -2.13. The van der Waals surface area contributed by atoms with Crippen LogP contribution in [0.1, 0.15) is 16.5 Å². The van der Waals surface area contributed by atoms with E-state index in [0.717, 1.165) is 4.88 Å². The lowest BCUT2D eigenvalue weighted by molar-refractivity contribution is 0.541. The molecular formula is C11H9BrClF2NS. The first-order valence-corrected chi connectivity index (χ1v) is 6.21. The van der Waals surface area contributed by atoms with E-state index in [1.165, 1.54) is 23.5 Å². The van der Waals surface area contributed by atoms with Crippen LogP contribution in [0.5, 0.6) is 0 Å². The minimum atomic E-state index is -0.766. The van der Waals surface area contributed by atoms with E-state index in [1.54, 1.807) is 12.1 Å². The van der Waals surface area contributed by atoms with Gasteiger partial charge in [0.25, 0.3) is 0 Å². The second-order valence-electron chi connectivity index (χ2n) is 3.25. The van der Waals surface area contributed by atoms with Crippen molar-refractivity contribution in [3.8, 4) is 0 Å². The van der Waals surface area contributed by atoms with Crippen molar-refractivity contribution in [2.24, 2.45) is 5.73 Å². The molecule has 0 bridgehead atoms. The van der Waals surface area contributed by atoms with Gasteiger partial charge in [-0.25, -0.2) is 8.78 Å². The topological polar surface area (TPSA) is 26.0 Å². The Morgan fingerprint density at radius 3 is 2.53 bits per heavy atom. The van der Waals surface area contributed by atoms with Gasteiger partial charge in [-0.05, 0) is 39.5 Å². The molecular weight excluding hydrogens is 332 g/mol. The Balaban J connectivity index is 0.00000144.